The van der Waals surface area contributed by atoms with Crippen molar-refractivity contribution in [1.82, 2.24) is 4.90 Å². The molecule has 3 unspecified atom stereocenters. The minimum atomic E-state index is -4.67. The van der Waals surface area contributed by atoms with Gasteiger partial charge in [0.2, 0.25) is 11.7 Å². The Balaban J connectivity index is 0.000000978. The van der Waals surface area contributed by atoms with Crippen LogP contribution in [0.15, 0.2) is 28.7 Å². The van der Waals surface area contributed by atoms with Crippen molar-refractivity contribution < 1.29 is 57.1 Å². The van der Waals surface area contributed by atoms with Gasteiger partial charge in [0.15, 0.2) is 17.1 Å². The Morgan fingerprint density at radius 1 is 1.14 bits per heavy atom. The molecular weight excluding hydrogens is 672 g/mol. The number of phenolic OH excluding ortho intramolecular Hbond substituents is 1. The van der Waals surface area contributed by atoms with E-state index in [9.17, 15) is 39.6 Å². The number of alkyl halides is 1. The van der Waals surface area contributed by atoms with Gasteiger partial charge in [-0.25, -0.2) is 0 Å². The number of aliphatic hydroxyl groups excluding tert-OH is 2. The summed E-state index contributed by atoms with van der Waals surface area (Å²) in [5, 5.41) is 47.7. The Bertz CT molecular complexity index is 1610. The molecule has 4 rings (SSSR count). The van der Waals surface area contributed by atoms with Crippen LogP contribution in [0.25, 0.3) is 0 Å². The molecule has 0 spiro atoms. The molecule has 9 N–H and O–H groups in total. The average Bonchev–Trinajstić information content (AvgIpc) is 2.86. The summed E-state index contributed by atoms with van der Waals surface area (Å²) < 4.78 is 31.6. The second-order valence-corrected chi connectivity index (χ2v) is 13.3. The highest BCUT2D eigenvalue weighted by Gasteiger charge is 2.63. The molecule has 44 heavy (non-hydrogen) atoms. The number of anilines is 2. The molecular formula is C26H33BrN4O12S. The van der Waals surface area contributed by atoms with Crippen molar-refractivity contribution >= 4 is 61.1 Å². The highest BCUT2D eigenvalue weighted by atomic mass is 79.9. The van der Waals surface area contributed by atoms with Crippen LogP contribution < -0.4 is 16.0 Å². The minimum absolute atomic E-state index is 0.0149. The summed E-state index contributed by atoms with van der Waals surface area (Å²) in [6, 6.07) is 0.476. The molecule has 0 aromatic heterocycles. The number of aromatic hydroxyl groups is 1. The van der Waals surface area contributed by atoms with Gasteiger partial charge in [0.25, 0.3) is 5.91 Å². The summed E-state index contributed by atoms with van der Waals surface area (Å²) in [6.45, 7) is 1.59. The maximum Gasteiger partial charge on any atom is 0.394 e. The lowest BCUT2D eigenvalue weighted by Crippen LogP contribution is -2.63. The maximum atomic E-state index is 13.9. The summed E-state index contributed by atoms with van der Waals surface area (Å²) in [5.41, 5.74) is 2.28. The molecule has 242 valence electrons. The molecule has 18 heteroatoms. The number of halogens is 1. The van der Waals surface area contributed by atoms with Crippen molar-refractivity contribution in [2.45, 2.75) is 36.2 Å². The van der Waals surface area contributed by atoms with Gasteiger partial charge in [-0.1, -0.05) is 15.9 Å². The molecule has 0 saturated heterocycles. The number of nitrogens with two attached hydrogens (primary N) is 1. The Labute approximate surface area is 260 Å². The first kappa shape index (κ1) is 34.9. The lowest BCUT2D eigenvalue weighted by molar-refractivity contribution is -0.148. The van der Waals surface area contributed by atoms with E-state index in [0.717, 1.165) is 0 Å². The number of aliphatic hydroxyl groups is 3. The quantitative estimate of drug-likeness (QED) is 0.0884. The predicted molar refractivity (Wildman–Crippen MR) is 159 cm³/mol. The van der Waals surface area contributed by atoms with Crippen molar-refractivity contribution in [2.75, 3.05) is 38.4 Å². The number of carbonyl (C=O) groups excluding carboxylic acids is 4. The van der Waals surface area contributed by atoms with E-state index in [2.05, 4.69) is 21.2 Å². The molecule has 0 heterocycles. The van der Waals surface area contributed by atoms with E-state index in [4.69, 9.17) is 23.3 Å². The van der Waals surface area contributed by atoms with Crippen LogP contribution in [0.1, 0.15) is 29.3 Å². The number of allylic oxidation sites excluding steroid dienone is 1. The topological polar surface area (TPSA) is 268 Å². The third-order valence-corrected chi connectivity index (χ3v) is 8.22. The fourth-order valence-corrected chi connectivity index (χ4v) is 6.14. The summed E-state index contributed by atoms with van der Waals surface area (Å²) >= 11 is 3.16. The smallest absolute Gasteiger partial charge is 0.394 e. The zero-order valence-electron chi connectivity index (χ0n) is 24.2. The second-order valence-electron chi connectivity index (χ2n) is 11.1. The van der Waals surface area contributed by atoms with Crippen LogP contribution in [-0.4, -0.2) is 111 Å². The van der Waals surface area contributed by atoms with Crippen molar-refractivity contribution in [2.24, 2.45) is 17.6 Å². The molecule has 0 saturated carbocycles. The van der Waals surface area contributed by atoms with E-state index in [0.29, 0.717) is 11.3 Å². The Morgan fingerprint density at radius 2 is 1.68 bits per heavy atom. The number of Topliss-reactive ketones (excluding diaryl/α,β-unsaturated/α-hetero) is 2. The SMILES string of the molecule is CC(Br)C(=O)Nc1cc(N(C)C)c2c(c1O)C(=O)C1=C(O)[C@]3(O)C(=O)C(C(N)=O)=C(O)[C@@H](N(C)C)C3CC1C2.O=S(=O)(O)O. The third kappa shape index (κ3) is 6.04. The lowest BCUT2D eigenvalue weighted by Gasteiger charge is -2.50. The number of hydrogen-bond donors (Lipinski definition) is 8. The highest BCUT2D eigenvalue weighted by Crippen LogP contribution is 2.53. The number of ketones is 2. The number of likely N-dealkylation sites (N-methyl/N-ethyl adjacent to an activating group) is 1. The Kier molecular flexibility index (Phi) is 9.60. The number of primary amides is 1. The maximum absolute atomic E-state index is 13.9. The van der Waals surface area contributed by atoms with Crippen LogP contribution in [0.3, 0.4) is 0 Å². The van der Waals surface area contributed by atoms with E-state index in [1.807, 2.05) is 0 Å². The predicted octanol–water partition coefficient (Wildman–Crippen LogP) is 0.256. The van der Waals surface area contributed by atoms with Gasteiger partial charge >= 0.3 is 10.4 Å². The number of rotatable bonds is 5. The van der Waals surface area contributed by atoms with Gasteiger partial charge in [0, 0.05) is 31.3 Å². The van der Waals surface area contributed by atoms with Gasteiger partial charge in [-0.3, -0.25) is 33.2 Å². The third-order valence-electron chi connectivity index (χ3n) is 7.80. The fraction of sp³-hybridized carbons (Fsp3) is 0.462. The molecule has 0 bridgehead atoms. The largest absolute Gasteiger partial charge is 0.510 e. The molecule has 16 nitrogen and oxygen atoms in total. The van der Waals surface area contributed by atoms with Gasteiger partial charge in [-0.05, 0) is 51.4 Å². The first-order chi connectivity index (χ1) is 20.0. The number of amides is 2. The summed E-state index contributed by atoms with van der Waals surface area (Å²) in [6.07, 6.45) is 0.123. The van der Waals surface area contributed by atoms with E-state index >= 15 is 0 Å². The summed E-state index contributed by atoms with van der Waals surface area (Å²) in [7, 11) is 1.93. The monoisotopic (exact) mass is 704 g/mol. The van der Waals surface area contributed by atoms with Crippen molar-refractivity contribution in [1.29, 1.82) is 0 Å². The van der Waals surface area contributed by atoms with Crippen molar-refractivity contribution in [3.05, 3.63) is 39.9 Å². The van der Waals surface area contributed by atoms with Gasteiger partial charge in [-0.2, -0.15) is 8.42 Å². The number of hydrogen-bond acceptors (Lipinski definition) is 12. The molecule has 3 aliphatic rings. The van der Waals surface area contributed by atoms with Crippen molar-refractivity contribution in [3.63, 3.8) is 0 Å². The molecule has 0 fully saturated rings. The number of phenols is 1. The number of nitrogens with one attached hydrogen (secondary N) is 1. The van der Waals surface area contributed by atoms with E-state index in [1.165, 1.54) is 4.90 Å². The summed E-state index contributed by atoms with van der Waals surface area (Å²) in [5.74, 6) is -7.79. The first-order valence-corrected chi connectivity index (χ1v) is 15.2. The van der Waals surface area contributed by atoms with Crippen LogP contribution in [0.5, 0.6) is 5.75 Å². The molecule has 1 aromatic carbocycles. The molecule has 1 aromatic rings. The Hall–Kier alpha value is -3.55. The Morgan fingerprint density at radius 3 is 2.14 bits per heavy atom. The van der Waals surface area contributed by atoms with Crippen LogP contribution in [0, 0.1) is 11.8 Å². The van der Waals surface area contributed by atoms with E-state index in [1.54, 1.807) is 46.1 Å². The number of nitrogens with zero attached hydrogens (tertiary/aromatic N) is 2. The standard InChI is InChI=1S/C26H31BrN4O8.H2O4S/c1-9(27)25(38)29-13-8-14(30(2)3)11-6-10-7-12-18(31(4)5)21(34)17(24(28)37)23(36)26(12,39)22(35)15(10)20(33)16(11)19(13)32;1-5(2,3)4/h8-10,12,18,32,34-35,39H,6-7H2,1-5H3,(H2,28,37)(H,29,38);(H2,1,2,3,4)/t9?,10?,12?,18-,26-;/m0./s1. The number of fused-ring (bicyclic) bond motifs is 3. The van der Waals surface area contributed by atoms with Crippen LogP contribution in [0.2, 0.25) is 0 Å². The second kappa shape index (κ2) is 12.1. The summed E-state index contributed by atoms with van der Waals surface area (Å²) in [4.78, 5) is 54.4. The van der Waals surface area contributed by atoms with Crippen molar-refractivity contribution in [3.8, 4) is 5.75 Å². The lowest BCUT2D eigenvalue weighted by atomic mass is 9.58. The highest BCUT2D eigenvalue weighted by molar-refractivity contribution is 9.10. The van der Waals surface area contributed by atoms with Crippen LogP contribution in [-0.2, 0) is 31.2 Å². The van der Waals surface area contributed by atoms with Gasteiger partial charge in [0.05, 0.1) is 22.1 Å². The zero-order chi connectivity index (χ0) is 33.8. The molecule has 0 radical (unpaired) electrons. The number of benzene rings is 1. The fourth-order valence-electron chi connectivity index (χ4n) is 6.03. The minimum Gasteiger partial charge on any atom is -0.510 e. The molecule has 2 amide bonds. The molecule has 3 aliphatic carbocycles. The van der Waals surface area contributed by atoms with Gasteiger partial charge in [0.1, 0.15) is 17.1 Å². The van der Waals surface area contributed by atoms with E-state index < -0.39 is 84.9 Å². The molecule has 0 aliphatic heterocycles. The first-order valence-electron chi connectivity index (χ1n) is 12.9. The number of carbonyl (C=O) groups is 4. The zero-order valence-corrected chi connectivity index (χ0v) is 26.6. The average molecular weight is 706 g/mol. The van der Waals surface area contributed by atoms with E-state index in [-0.39, 0.29) is 29.7 Å². The van der Waals surface area contributed by atoms with Gasteiger partial charge < -0.3 is 36.4 Å². The van der Waals surface area contributed by atoms with Crippen LogP contribution in [0.4, 0.5) is 11.4 Å². The van der Waals surface area contributed by atoms with Crippen LogP contribution >= 0.6 is 15.9 Å². The van der Waals surface area contributed by atoms with Gasteiger partial charge in [-0.15, -0.1) is 0 Å². The normalized spacial score (nSPS) is 25.4. The molecule has 5 atom stereocenters.